The van der Waals surface area contributed by atoms with E-state index < -0.39 is 6.04 Å². The van der Waals surface area contributed by atoms with Crippen molar-refractivity contribution in [2.75, 3.05) is 6.61 Å². The first kappa shape index (κ1) is 10.7. The fourth-order valence-electron chi connectivity index (χ4n) is 1.25. The van der Waals surface area contributed by atoms with Crippen LogP contribution < -0.4 is 5.73 Å². The van der Waals surface area contributed by atoms with E-state index in [1.54, 1.807) is 12.4 Å². The molecule has 2 rings (SSSR count). The molecule has 6 nitrogen and oxygen atoms in total. The molecule has 0 bridgehead atoms. The number of nitrogens with zero attached hydrogens (tertiary/aromatic N) is 3. The van der Waals surface area contributed by atoms with E-state index in [9.17, 15) is 0 Å². The number of aliphatic hydroxyl groups excluding tert-OH is 1. The minimum atomic E-state index is -0.612. The first-order valence-electron chi connectivity index (χ1n) is 4.87. The monoisotopic (exact) mass is 220 g/mol. The van der Waals surface area contributed by atoms with Crippen molar-refractivity contribution in [2.45, 2.75) is 12.5 Å². The van der Waals surface area contributed by atoms with Gasteiger partial charge in [0.1, 0.15) is 6.04 Å². The van der Waals surface area contributed by atoms with Crippen LogP contribution in [0.1, 0.15) is 23.3 Å². The summed E-state index contributed by atoms with van der Waals surface area (Å²) in [4.78, 5) is 8.01. The summed E-state index contributed by atoms with van der Waals surface area (Å²) in [5.74, 6) is 0.802. The molecule has 0 aliphatic heterocycles. The van der Waals surface area contributed by atoms with Gasteiger partial charge in [-0.2, -0.15) is 4.98 Å². The summed E-state index contributed by atoms with van der Waals surface area (Å²) < 4.78 is 4.93. The second kappa shape index (κ2) is 4.82. The van der Waals surface area contributed by atoms with Crippen LogP contribution in [-0.4, -0.2) is 26.8 Å². The average molecular weight is 220 g/mol. The number of nitrogens with two attached hydrogens (primary N) is 1. The Hall–Kier alpha value is -1.79. The van der Waals surface area contributed by atoms with Crippen LogP contribution in [0, 0.1) is 0 Å². The maximum atomic E-state index is 8.83. The standard InChI is InChI=1S/C10H12N4O2/c11-8(6-15)10-13-9(14-16-10)5-7-1-3-12-4-2-7/h1-4,8,15H,5-6,11H2/t8-/m0/s1. The van der Waals surface area contributed by atoms with Crippen molar-refractivity contribution in [3.8, 4) is 0 Å². The Morgan fingerprint density at radius 1 is 1.38 bits per heavy atom. The Kier molecular flexibility index (Phi) is 3.23. The molecule has 16 heavy (non-hydrogen) atoms. The van der Waals surface area contributed by atoms with Crippen molar-refractivity contribution in [2.24, 2.45) is 5.73 Å². The second-order valence-electron chi connectivity index (χ2n) is 3.37. The molecule has 0 aliphatic rings. The third-order valence-electron chi connectivity index (χ3n) is 2.11. The van der Waals surface area contributed by atoms with Gasteiger partial charge < -0.3 is 15.4 Å². The van der Waals surface area contributed by atoms with E-state index in [1.807, 2.05) is 12.1 Å². The molecule has 6 heteroatoms. The highest BCUT2D eigenvalue weighted by molar-refractivity contribution is 5.14. The minimum absolute atomic E-state index is 0.211. The maximum Gasteiger partial charge on any atom is 0.245 e. The fourth-order valence-corrected chi connectivity index (χ4v) is 1.25. The van der Waals surface area contributed by atoms with Crippen LogP contribution in [-0.2, 0) is 6.42 Å². The van der Waals surface area contributed by atoms with Gasteiger partial charge in [-0.05, 0) is 17.7 Å². The molecule has 0 spiro atoms. The Morgan fingerprint density at radius 3 is 2.81 bits per heavy atom. The molecule has 1 atom stereocenters. The second-order valence-corrected chi connectivity index (χ2v) is 3.37. The minimum Gasteiger partial charge on any atom is -0.394 e. The number of aliphatic hydroxyl groups is 1. The average Bonchev–Trinajstić information content (AvgIpc) is 2.78. The molecule has 0 aliphatic carbocycles. The van der Waals surface area contributed by atoms with Gasteiger partial charge in [0.15, 0.2) is 5.82 Å². The van der Waals surface area contributed by atoms with E-state index in [2.05, 4.69) is 15.1 Å². The zero-order chi connectivity index (χ0) is 11.4. The highest BCUT2D eigenvalue weighted by atomic mass is 16.5. The van der Waals surface area contributed by atoms with Crippen molar-refractivity contribution in [3.05, 3.63) is 41.8 Å². The Labute approximate surface area is 92.1 Å². The molecule has 0 saturated heterocycles. The van der Waals surface area contributed by atoms with E-state index in [0.717, 1.165) is 5.56 Å². The smallest absolute Gasteiger partial charge is 0.245 e. The SMILES string of the molecule is N[C@@H](CO)c1nc(Cc2ccncc2)no1. The fraction of sp³-hybridized carbons (Fsp3) is 0.300. The number of hydrogen-bond acceptors (Lipinski definition) is 6. The number of pyridine rings is 1. The van der Waals surface area contributed by atoms with E-state index in [1.165, 1.54) is 0 Å². The largest absolute Gasteiger partial charge is 0.394 e. The lowest BCUT2D eigenvalue weighted by atomic mass is 10.2. The number of hydrogen-bond donors (Lipinski definition) is 2. The maximum absolute atomic E-state index is 8.83. The van der Waals surface area contributed by atoms with E-state index >= 15 is 0 Å². The van der Waals surface area contributed by atoms with Crippen molar-refractivity contribution in [1.82, 2.24) is 15.1 Å². The van der Waals surface area contributed by atoms with Gasteiger partial charge in [0, 0.05) is 18.8 Å². The van der Waals surface area contributed by atoms with Gasteiger partial charge in [0.2, 0.25) is 5.89 Å². The predicted octanol–water partition coefficient (Wildman–Crippen LogP) is 0.0475. The lowest BCUT2D eigenvalue weighted by Gasteiger charge is -1.98. The summed E-state index contributed by atoms with van der Waals surface area (Å²) in [5, 5.41) is 12.6. The molecule has 0 fully saturated rings. The van der Waals surface area contributed by atoms with Crippen LogP contribution >= 0.6 is 0 Å². The molecule has 2 aromatic rings. The lowest BCUT2D eigenvalue weighted by molar-refractivity contribution is 0.236. The molecule has 0 radical (unpaired) electrons. The van der Waals surface area contributed by atoms with Gasteiger partial charge in [-0.1, -0.05) is 5.16 Å². The van der Waals surface area contributed by atoms with E-state index in [-0.39, 0.29) is 12.5 Å². The quantitative estimate of drug-likeness (QED) is 0.755. The normalized spacial score (nSPS) is 12.6. The first-order chi connectivity index (χ1) is 7.79. The Morgan fingerprint density at radius 2 is 2.12 bits per heavy atom. The lowest BCUT2D eigenvalue weighted by Crippen LogP contribution is -2.14. The molecular formula is C10H12N4O2. The Bertz CT molecular complexity index is 443. The van der Waals surface area contributed by atoms with Crippen LogP contribution in [0.25, 0.3) is 0 Å². The number of aromatic nitrogens is 3. The summed E-state index contributed by atoms with van der Waals surface area (Å²) in [6.07, 6.45) is 3.97. The zero-order valence-electron chi connectivity index (χ0n) is 8.58. The van der Waals surface area contributed by atoms with Gasteiger partial charge >= 0.3 is 0 Å². The molecule has 2 heterocycles. The van der Waals surface area contributed by atoms with Gasteiger partial charge in [-0.3, -0.25) is 4.98 Å². The van der Waals surface area contributed by atoms with Gasteiger partial charge in [-0.15, -0.1) is 0 Å². The van der Waals surface area contributed by atoms with E-state index in [0.29, 0.717) is 12.2 Å². The molecule has 0 saturated carbocycles. The van der Waals surface area contributed by atoms with Gasteiger partial charge in [0.25, 0.3) is 0 Å². The van der Waals surface area contributed by atoms with Crippen LogP contribution in [0.5, 0.6) is 0 Å². The first-order valence-corrected chi connectivity index (χ1v) is 4.87. The van der Waals surface area contributed by atoms with Crippen LogP contribution in [0.15, 0.2) is 29.0 Å². The van der Waals surface area contributed by atoms with E-state index in [4.69, 9.17) is 15.4 Å². The molecule has 84 valence electrons. The van der Waals surface area contributed by atoms with Crippen LogP contribution in [0.2, 0.25) is 0 Å². The highest BCUT2D eigenvalue weighted by Gasteiger charge is 2.13. The van der Waals surface area contributed by atoms with Gasteiger partial charge in [0.05, 0.1) is 6.61 Å². The Balaban J connectivity index is 2.09. The van der Waals surface area contributed by atoms with Crippen molar-refractivity contribution < 1.29 is 9.63 Å². The predicted molar refractivity (Wildman–Crippen MR) is 55.4 cm³/mol. The molecule has 0 amide bonds. The summed E-state index contributed by atoms with van der Waals surface area (Å²) >= 11 is 0. The molecular weight excluding hydrogens is 208 g/mol. The molecule has 3 N–H and O–H groups in total. The summed E-state index contributed by atoms with van der Waals surface area (Å²) in [7, 11) is 0. The van der Waals surface area contributed by atoms with Crippen molar-refractivity contribution >= 4 is 0 Å². The van der Waals surface area contributed by atoms with Crippen molar-refractivity contribution in [1.29, 1.82) is 0 Å². The van der Waals surface area contributed by atoms with Gasteiger partial charge in [-0.25, -0.2) is 0 Å². The highest BCUT2D eigenvalue weighted by Crippen LogP contribution is 2.09. The van der Waals surface area contributed by atoms with Crippen LogP contribution in [0.4, 0.5) is 0 Å². The van der Waals surface area contributed by atoms with Crippen LogP contribution in [0.3, 0.4) is 0 Å². The molecule has 0 aromatic carbocycles. The third kappa shape index (κ3) is 2.41. The third-order valence-corrected chi connectivity index (χ3v) is 2.11. The summed E-state index contributed by atoms with van der Waals surface area (Å²) in [6.45, 7) is -0.211. The number of rotatable bonds is 4. The molecule has 2 aromatic heterocycles. The topological polar surface area (TPSA) is 98.1 Å². The molecule has 0 unspecified atom stereocenters. The summed E-state index contributed by atoms with van der Waals surface area (Å²) in [5.41, 5.74) is 6.59. The summed E-state index contributed by atoms with van der Waals surface area (Å²) in [6, 6.07) is 3.14. The zero-order valence-corrected chi connectivity index (χ0v) is 8.58. The van der Waals surface area contributed by atoms with Crippen molar-refractivity contribution in [3.63, 3.8) is 0 Å².